The van der Waals surface area contributed by atoms with Crippen LogP contribution in [0, 0.1) is 11.6 Å². The summed E-state index contributed by atoms with van der Waals surface area (Å²) in [6.07, 6.45) is -2.95. The van der Waals surface area contributed by atoms with E-state index < -0.39 is 39.4 Å². The Bertz CT molecular complexity index is 989. The number of aromatic nitrogens is 3. The molecular weight excluding hydrogens is 520 g/mol. The summed E-state index contributed by atoms with van der Waals surface area (Å²) in [5.41, 5.74) is -0.666. The molecule has 0 radical (unpaired) electrons. The molecular formula is C19H22AsClF5N5O. The van der Waals surface area contributed by atoms with Crippen LogP contribution in [0.1, 0.15) is 23.7 Å². The third-order valence-corrected chi connectivity index (χ3v) is 6.60. The van der Waals surface area contributed by atoms with E-state index in [9.17, 15) is 13.2 Å². The number of halogens is 6. The Morgan fingerprint density at radius 2 is 1.88 bits per heavy atom. The quantitative estimate of drug-likeness (QED) is 0.233. The van der Waals surface area contributed by atoms with Crippen LogP contribution in [0.3, 0.4) is 0 Å². The molecule has 2 heterocycles. The van der Waals surface area contributed by atoms with Gasteiger partial charge < -0.3 is 0 Å². The number of allylic oxidation sites excluding steroid dienone is 1. The Morgan fingerprint density at radius 3 is 2.44 bits per heavy atom. The molecule has 0 fully saturated rings. The van der Waals surface area contributed by atoms with Gasteiger partial charge in [0.1, 0.15) is 0 Å². The molecule has 1 aromatic carbocycles. The Balaban J connectivity index is 2.01. The van der Waals surface area contributed by atoms with Crippen molar-refractivity contribution < 1.29 is 26.7 Å². The molecule has 0 saturated heterocycles. The fraction of sp³-hybridized carbons (Fsp3) is 0.474. The van der Waals surface area contributed by atoms with Gasteiger partial charge >= 0.3 is 195 Å². The zero-order chi connectivity index (χ0) is 23.8. The summed E-state index contributed by atoms with van der Waals surface area (Å²) in [6, 6.07) is -0.100. The summed E-state index contributed by atoms with van der Waals surface area (Å²) >= 11 is 7.30. The van der Waals surface area contributed by atoms with E-state index in [0.717, 1.165) is 48.8 Å². The van der Waals surface area contributed by atoms with Crippen molar-refractivity contribution in [2.45, 2.75) is 30.4 Å². The van der Waals surface area contributed by atoms with E-state index >= 15 is 8.78 Å². The molecule has 2 aromatic rings. The number of anilines is 1. The number of ether oxygens (including phenoxy) is 1. The molecule has 1 aliphatic heterocycles. The monoisotopic (exact) mass is 541 g/mol. The standard InChI is InChI=1S/C19H22AsClF5N5O/c1-10(19(24,25)26)30-17(21)15(16(20)31-18(30)27-9-28-31)14-12(22)7-11(8-13(14)23)32-6-4-5-29(2)3/h7-10,16H,4-6,20H2,1-3H3/t10-,16?/m0/s1. The van der Waals surface area contributed by atoms with Crippen molar-refractivity contribution in [2.24, 2.45) is 0 Å². The summed E-state index contributed by atoms with van der Waals surface area (Å²) in [6.45, 7) is 1.87. The van der Waals surface area contributed by atoms with Crippen LogP contribution in [0.5, 0.6) is 5.75 Å². The van der Waals surface area contributed by atoms with Crippen molar-refractivity contribution in [3.8, 4) is 5.75 Å². The van der Waals surface area contributed by atoms with Crippen LogP contribution in [0.15, 0.2) is 23.6 Å². The molecule has 1 aromatic heterocycles. The maximum atomic E-state index is 15.0. The molecule has 32 heavy (non-hydrogen) atoms. The van der Waals surface area contributed by atoms with Gasteiger partial charge in [-0.25, -0.2) is 0 Å². The summed E-state index contributed by atoms with van der Waals surface area (Å²) in [5.74, 6) is -2.16. The molecule has 0 spiro atoms. The van der Waals surface area contributed by atoms with Gasteiger partial charge in [-0.2, -0.15) is 0 Å². The van der Waals surface area contributed by atoms with Gasteiger partial charge in [0.15, 0.2) is 0 Å². The second-order valence-corrected chi connectivity index (χ2v) is 9.19. The van der Waals surface area contributed by atoms with Gasteiger partial charge in [0.25, 0.3) is 0 Å². The van der Waals surface area contributed by atoms with E-state index in [1.807, 2.05) is 19.0 Å². The molecule has 3 rings (SSSR count). The molecule has 0 amide bonds. The Kier molecular flexibility index (Phi) is 7.41. The zero-order valence-electron chi connectivity index (χ0n) is 17.5. The first-order valence-electron chi connectivity index (χ1n) is 9.61. The van der Waals surface area contributed by atoms with Gasteiger partial charge in [-0.15, -0.1) is 0 Å². The fourth-order valence-corrected chi connectivity index (χ4v) is 5.05. The minimum atomic E-state index is -4.67. The predicted molar refractivity (Wildman–Crippen MR) is 113 cm³/mol. The summed E-state index contributed by atoms with van der Waals surface area (Å²) in [5, 5.41) is 3.49. The average molecular weight is 542 g/mol. The van der Waals surface area contributed by atoms with E-state index in [1.165, 1.54) is 4.68 Å². The normalized spacial score (nSPS) is 17.7. The van der Waals surface area contributed by atoms with Crippen LogP contribution in [0.2, 0.25) is 0 Å². The van der Waals surface area contributed by atoms with Crippen LogP contribution in [-0.2, 0) is 0 Å². The van der Waals surface area contributed by atoms with Crippen molar-refractivity contribution >= 4 is 40.0 Å². The zero-order valence-corrected chi connectivity index (χ0v) is 20.7. The molecule has 0 N–H and O–H groups in total. The molecule has 2 unspecified atom stereocenters. The predicted octanol–water partition coefficient (Wildman–Crippen LogP) is 3.40. The average Bonchev–Trinajstić information content (AvgIpc) is 3.16. The van der Waals surface area contributed by atoms with Crippen molar-refractivity contribution in [3.05, 3.63) is 40.8 Å². The van der Waals surface area contributed by atoms with Gasteiger partial charge in [-0.3, -0.25) is 0 Å². The summed E-state index contributed by atoms with van der Waals surface area (Å²) in [4.78, 5) is 5.70. The van der Waals surface area contributed by atoms with E-state index in [4.69, 9.17) is 16.3 Å². The molecule has 3 atom stereocenters. The van der Waals surface area contributed by atoms with Gasteiger partial charge in [0, 0.05) is 0 Å². The molecule has 0 aliphatic carbocycles. The van der Waals surface area contributed by atoms with Crippen LogP contribution >= 0.6 is 11.6 Å². The number of hydrogen-bond donors (Lipinski definition) is 0. The van der Waals surface area contributed by atoms with Gasteiger partial charge in [0.2, 0.25) is 0 Å². The van der Waals surface area contributed by atoms with E-state index in [0.29, 0.717) is 11.3 Å². The molecule has 6 nitrogen and oxygen atoms in total. The summed E-state index contributed by atoms with van der Waals surface area (Å²) < 4.78 is 77.2. The van der Waals surface area contributed by atoms with Crippen molar-refractivity contribution in [1.29, 1.82) is 0 Å². The van der Waals surface area contributed by atoms with Gasteiger partial charge in [0.05, 0.1) is 0 Å². The number of rotatable bonds is 7. The molecule has 176 valence electrons. The Labute approximate surface area is 195 Å². The Morgan fingerprint density at radius 1 is 1.25 bits per heavy atom. The number of benzene rings is 1. The second-order valence-electron chi connectivity index (χ2n) is 7.51. The van der Waals surface area contributed by atoms with E-state index in [-0.39, 0.29) is 23.9 Å². The minimum absolute atomic E-state index is 0.0184. The van der Waals surface area contributed by atoms with Crippen LogP contribution in [0.25, 0.3) is 5.57 Å². The van der Waals surface area contributed by atoms with Crippen LogP contribution in [-0.4, -0.2) is 76.0 Å². The number of fused-ring (bicyclic) bond motifs is 1. The Hall–Kier alpha value is -1.84. The first-order chi connectivity index (χ1) is 14.9. The molecule has 13 heteroatoms. The van der Waals surface area contributed by atoms with Crippen LogP contribution < -0.4 is 9.64 Å². The number of alkyl halides is 3. The topological polar surface area (TPSA) is 46.4 Å². The van der Waals surface area contributed by atoms with Crippen molar-refractivity contribution in [1.82, 2.24) is 19.7 Å². The van der Waals surface area contributed by atoms with E-state index in [2.05, 4.69) is 10.1 Å². The van der Waals surface area contributed by atoms with Crippen molar-refractivity contribution in [3.63, 3.8) is 0 Å². The van der Waals surface area contributed by atoms with Gasteiger partial charge in [-0.1, -0.05) is 0 Å². The van der Waals surface area contributed by atoms with Crippen LogP contribution in [0.4, 0.5) is 27.9 Å². The SMILES string of the molecule is C[C@H](N1C(Cl)=C(c2c(F)cc(OCCCN(C)C)cc2F)C([AsH2])n2ncnc21)C(F)(F)F. The molecule has 1 aliphatic rings. The maximum absolute atomic E-state index is 15.0. The first-order valence-corrected chi connectivity index (χ1v) is 11.4. The first kappa shape index (κ1) is 24.8. The third-order valence-electron chi connectivity index (χ3n) is 4.93. The fourth-order valence-electron chi connectivity index (χ4n) is 3.28. The molecule has 0 bridgehead atoms. The summed E-state index contributed by atoms with van der Waals surface area (Å²) in [7, 11) is 3.78. The van der Waals surface area contributed by atoms with E-state index in [1.54, 1.807) is 0 Å². The number of hydrogen-bond acceptors (Lipinski definition) is 5. The molecule has 0 saturated carbocycles. The second kappa shape index (κ2) is 9.57. The van der Waals surface area contributed by atoms with Crippen molar-refractivity contribution in [2.75, 3.05) is 32.1 Å². The number of nitrogens with zero attached hydrogens (tertiary/aromatic N) is 5. The third kappa shape index (κ3) is 4.89. The van der Waals surface area contributed by atoms with Gasteiger partial charge in [-0.05, 0) is 0 Å².